The van der Waals surface area contributed by atoms with E-state index >= 15 is 0 Å². The number of hydrogen-bond acceptors (Lipinski definition) is 2. The molecule has 0 spiro atoms. The van der Waals surface area contributed by atoms with Crippen LogP contribution in [-0.2, 0) is 4.74 Å². The normalized spacial score (nSPS) is 9.50. The van der Waals surface area contributed by atoms with Gasteiger partial charge in [0.25, 0.3) is 0 Å². The highest BCUT2D eigenvalue weighted by Gasteiger charge is 1.99. The second-order valence-corrected chi connectivity index (χ2v) is 2.86. The molecule has 78 valence electrons. The van der Waals surface area contributed by atoms with Crippen LogP contribution in [0.15, 0.2) is 50.3 Å². The molecule has 2 nitrogen and oxygen atoms in total. The fourth-order valence-corrected chi connectivity index (χ4v) is 0.987. The van der Waals surface area contributed by atoms with Gasteiger partial charge in [0.05, 0.1) is 0 Å². The number of hydrogen-bond donors (Lipinski definition) is 0. The Hall–Kier alpha value is -1.28. The predicted octanol–water partition coefficient (Wildman–Crippen LogP) is 2.38. The Bertz CT molecular complexity index is 198. The second-order valence-electron chi connectivity index (χ2n) is 2.86. The van der Waals surface area contributed by atoms with Gasteiger partial charge in [-0.1, -0.05) is 25.3 Å². The topological polar surface area (TPSA) is 12.5 Å². The van der Waals surface area contributed by atoms with Crippen molar-refractivity contribution >= 4 is 0 Å². The quantitative estimate of drug-likeness (QED) is 0.317. The average molecular weight is 193 g/mol. The van der Waals surface area contributed by atoms with Gasteiger partial charge in [0.15, 0.2) is 0 Å². The molecule has 0 radical (unpaired) electrons. The molecule has 0 aromatic rings. The van der Waals surface area contributed by atoms with Crippen molar-refractivity contribution in [2.24, 2.45) is 0 Å². The van der Waals surface area contributed by atoms with Crippen LogP contribution in [0.5, 0.6) is 0 Å². The molecule has 0 unspecified atom stereocenters. The molecule has 0 fully saturated rings. The Morgan fingerprint density at radius 1 is 1.14 bits per heavy atom. The molecule has 0 rings (SSSR count). The van der Waals surface area contributed by atoms with Gasteiger partial charge < -0.3 is 4.74 Å². The lowest BCUT2D eigenvalue weighted by atomic mass is 10.4. The largest absolute Gasteiger partial charge is 0.493 e. The summed E-state index contributed by atoms with van der Waals surface area (Å²) in [6.07, 6.45) is 5.34. The van der Waals surface area contributed by atoms with Crippen LogP contribution in [0.4, 0.5) is 0 Å². The molecule has 0 aliphatic rings. The Balaban J connectivity index is 3.69. The minimum Gasteiger partial charge on any atom is -0.493 e. The monoisotopic (exact) mass is 193 g/mol. The molecule has 0 aromatic carbocycles. The summed E-state index contributed by atoms with van der Waals surface area (Å²) in [5.41, 5.74) is 0. The fourth-order valence-electron chi connectivity index (χ4n) is 0.987. The minimum atomic E-state index is 0.613. The van der Waals surface area contributed by atoms with Gasteiger partial charge in [-0.05, 0) is 6.08 Å². The first-order chi connectivity index (χ1) is 6.74. The van der Waals surface area contributed by atoms with Gasteiger partial charge in [-0.25, -0.2) is 0 Å². The zero-order valence-electron chi connectivity index (χ0n) is 8.74. The van der Waals surface area contributed by atoms with E-state index in [0.717, 1.165) is 19.6 Å². The summed E-state index contributed by atoms with van der Waals surface area (Å²) in [5, 5.41) is 0. The van der Waals surface area contributed by atoms with E-state index in [1.54, 1.807) is 6.08 Å². The van der Waals surface area contributed by atoms with Gasteiger partial charge in [0.2, 0.25) is 0 Å². The van der Waals surface area contributed by atoms with E-state index in [1.807, 2.05) is 12.2 Å². The highest BCUT2D eigenvalue weighted by Crippen LogP contribution is 1.95. The molecular formula is C12H19NO. The van der Waals surface area contributed by atoms with Gasteiger partial charge in [-0.2, -0.15) is 0 Å². The molecular weight excluding hydrogens is 174 g/mol. The lowest BCUT2D eigenvalue weighted by Crippen LogP contribution is -2.27. The van der Waals surface area contributed by atoms with Gasteiger partial charge in [0.1, 0.15) is 12.4 Å². The first kappa shape index (κ1) is 12.7. The van der Waals surface area contributed by atoms with Crippen molar-refractivity contribution in [3.05, 3.63) is 50.3 Å². The lowest BCUT2D eigenvalue weighted by molar-refractivity contribution is 0.180. The number of allylic oxidation sites excluding steroid dienone is 1. The molecule has 0 aliphatic carbocycles. The molecule has 2 heteroatoms. The molecule has 0 N–H and O–H groups in total. The van der Waals surface area contributed by atoms with Crippen LogP contribution in [0, 0.1) is 0 Å². The summed E-state index contributed by atoms with van der Waals surface area (Å²) in [6, 6.07) is 0. The van der Waals surface area contributed by atoms with Crippen molar-refractivity contribution < 1.29 is 4.74 Å². The molecule has 0 bridgehead atoms. The molecule has 0 amide bonds. The summed E-state index contributed by atoms with van der Waals surface area (Å²) in [4.78, 5) is 2.18. The third-order valence-corrected chi connectivity index (χ3v) is 1.70. The lowest BCUT2D eigenvalue weighted by Gasteiger charge is -2.18. The molecule has 0 heterocycles. The third-order valence-electron chi connectivity index (χ3n) is 1.70. The van der Waals surface area contributed by atoms with Crippen LogP contribution in [-0.4, -0.2) is 31.1 Å². The Morgan fingerprint density at radius 2 is 1.71 bits per heavy atom. The molecule has 0 atom stereocenters. The predicted molar refractivity (Wildman–Crippen MR) is 62.1 cm³/mol. The van der Waals surface area contributed by atoms with Gasteiger partial charge in [0, 0.05) is 19.6 Å². The Kier molecular flexibility index (Phi) is 7.56. The molecule has 0 aliphatic heterocycles. The summed E-state index contributed by atoms with van der Waals surface area (Å²) >= 11 is 0. The maximum Gasteiger partial charge on any atom is 0.111 e. The second kappa shape index (κ2) is 8.32. The standard InChI is InChI=1S/C12H19NO/c1-5-8-13(9-6-2)10-11-14-12(4)7-3/h5-7H,1-4,8-11H2. The SMILES string of the molecule is C=CCN(CC=C)CCOC(=C)C=C. The van der Waals surface area contributed by atoms with Crippen molar-refractivity contribution in [3.8, 4) is 0 Å². The maximum atomic E-state index is 5.29. The van der Waals surface area contributed by atoms with Crippen molar-refractivity contribution in [2.75, 3.05) is 26.2 Å². The van der Waals surface area contributed by atoms with Crippen LogP contribution < -0.4 is 0 Å². The van der Waals surface area contributed by atoms with Crippen molar-refractivity contribution in [1.82, 2.24) is 4.90 Å². The minimum absolute atomic E-state index is 0.613. The zero-order valence-corrected chi connectivity index (χ0v) is 8.74. The molecule has 0 saturated heterocycles. The van der Waals surface area contributed by atoms with Crippen molar-refractivity contribution in [3.63, 3.8) is 0 Å². The Labute approximate surface area is 86.9 Å². The summed E-state index contributed by atoms with van der Waals surface area (Å²) < 4.78 is 5.29. The highest BCUT2D eigenvalue weighted by molar-refractivity contribution is 5.01. The fraction of sp³-hybridized carbons (Fsp3) is 0.333. The van der Waals surface area contributed by atoms with Crippen LogP contribution in [0.3, 0.4) is 0 Å². The van der Waals surface area contributed by atoms with E-state index in [-0.39, 0.29) is 0 Å². The smallest absolute Gasteiger partial charge is 0.111 e. The van der Waals surface area contributed by atoms with Crippen molar-refractivity contribution in [2.45, 2.75) is 0 Å². The summed E-state index contributed by atoms with van der Waals surface area (Å²) in [5.74, 6) is 0.613. The zero-order chi connectivity index (χ0) is 10.8. The van der Waals surface area contributed by atoms with Crippen LogP contribution in [0.1, 0.15) is 0 Å². The van der Waals surface area contributed by atoms with Gasteiger partial charge in [-0.15, -0.1) is 13.2 Å². The number of rotatable bonds is 9. The highest BCUT2D eigenvalue weighted by atomic mass is 16.5. The van der Waals surface area contributed by atoms with E-state index in [2.05, 4.69) is 31.2 Å². The van der Waals surface area contributed by atoms with E-state index in [1.165, 1.54) is 0 Å². The van der Waals surface area contributed by atoms with E-state index in [0.29, 0.717) is 12.4 Å². The van der Waals surface area contributed by atoms with Crippen LogP contribution >= 0.6 is 0 Å². The van der Waals surface area contributed by atoms with Gasteiger partial charge in [-0.3, -0.25) is 4.90 Å². The van der Waals surface area contributed by atoms with E-state index in [4.69, 9.17) is 4.74 Å². The maximum absolute atomic E-state index is 5.29. The molecule has 0 aromatic heterocycles. The van der Waals surface area contributed by atoms with E-state index in [9.17, 15) is 0 Å². The third kappa shape index (κ3) is 6.26. The summed E-state index contributed by atoms with van der Waals surface area (Å²) in [6.45, 7) is 17.7. The number of nitrogens with zero attached hydrogens (tertiary/aromatic N) is 1. The van der Waals surface area contributed by atoms with Crippen LogP contribution in [0.25, 0.3) is 0 Å². The summed E-state index contributed by atoms with van der Waals surface area (Å²) in [7, 11) is 0. The van der Waals surface area contributed by atoms with Crippen molar-refractivity contribution in [1.29, 1.82) is 0 Å². The molecule has 0 saturated carbocycles. The number of ether oxygens (including phenoxy) is 1. The Morgan fingerprint density at radius 3 is 2.14 bits per heavy atom. The van der Waals surface area contributed by atoms with E-state index < -0.39 is 0 Å². The first-order valence-corrected chi connectivity index (χ1v) is 4.62. The molecule has 14 heavy (non-hydrogen) atoms. The first-order valence-electron chi connectivity index (χ1n) is 4.62. The van der Waals surface area contributed by atoms with Gasteiger partial charge >= 0.3 is 0 Å². The van der Waals surface area contributed by atoms with Crippen LogP contribution in [0.2, 0.25) is 0 Å². The average Bonchev–Trinajstić information content (AvgIpc) is 2.18.